The summed E-state index contributed by atoms with van der Waals surface area (Å²) in [5, 5.41) is 7.39. The average molecular weight is 880 g/mol. The van der Waals surface area contributed by atoms with Gasteiger partial charge in [-0.05, 0) is 96.1 Å². The largest absolute Gasteiger partial charge is 0.309 e. The number of aromatic nitrogens is 5. The topological polar surface area (TPSA) is 40.6 Å². The molecule has 0 aliphatic carbocycles. The van der Waals surface area contributed by atoms with Crippen LogP contribution in [0.5, 0.6) is 0 Å². The van der Waals surface area contributed by atoms with Crippen LogP contribution in [0.4, 0.5) is 0 Å². The first-order valence-corrected chi connectivity index (χ1v) is 23.5. The Kier molecular flexibility index (Phi) is 8.83. The lowest BCUT2D eigenvalue weighted by molar-refractivity contribution is 1.16. The van der Waals surface area contributed by atoms with Gasteiger partial charge in [-0.2, -0.15) is 0 Å². The van der Waals surface area contributed by atoms with Crippen LogP contribution in [0.3, 0.4) is 0 Å². The van der Waals surface area contributed by atoms with E-state index in [-0.39, 0.29) is 0 Å². The molecule has 0 unspecified atom stereocenters. The molecular formula is C64H41N5. The van der Waals surface area contributed by atoms with Crippen molar-refractivity contribution in [1.82, 2.24) is 23.7 Å². The number of rotatable bonds is 7. The predicted molar refractivity (Wildman–Crippen MR) is 287 cm³/mol. The Labute approximate surface area is 398 Å². The Morgan fingerprint density at radius 3 is 1.10 bits per heavy atom. The standard InChI is InChI=1S/C64H41N5/c1-3-16-43(17-4-1)56-41-57(66-64(65-56)44-18-5-2-6-19-44)46-21-15-20-45(38-46)42-30-32-47(33-31-42)67-62-36-34-48(68-58-26-11-7-22-50(58)51-23-8-12-27-59(51)68)39-54(62)55-40-49(35-37-63(55)67)69-60-28-13-9-24-52(60)53-25-10-14-29-61(53)69/h1-41H. The Bertz CT molecular complexity index is 3960. The molecule has 0 saturated carbocycles. The van der Waals surface area contributed by atoms with E-state index in [1.807, 2.05) is 24.3 Å². The van der Waals surface area contributed by atoms with Crippen molar-refractivity contribution in [1.29, 1.82) is 0 Å². The lowest BCUT2D eigenvalue weighted by atomic mass is 10.0. The molecule has 0 atom stereocenters. The quantitative estimate of drug-likeness (QED) is 0.160. The highest BCUT2D eigenvalue weighted by Gasteiger charge is 2.19. The van der Waals surface area contributed by atoms with E-state index in [9.17, 15) is 0 Å². The fraction of sp³-hybridized carbons (Fsp3) is 0. The molecule has 4 heterocycles. The molecule has 0 spiro atoms. The van der Waals surface area contributed by atoms with Crippen molar-refractivity contribution in [3.8, 4) is 62.1 Å². The number of hydrogen-bond donors (Lipinski definition) is 0. The van der Waals surface area contributed by atoms with Gasteiger partial charge in [-0.15, -0.1) is 0 Å². The highest BCUT2D eigenvalue weighted by molar-refractivity contribution is 6.14. The van der Waals surface area contributed by atoms with E-state index < -0.39 is 0 Å². The van der Waals surface area contributed by atoms with Crippen molar-refractivity contribution in [2.24, 2.45) is 0 Å². The van der Waals surface area contributed by atoms with Gasteiger partial charge in [0.2, 0.25) is 0 Å². The number of para-hydroxylation sites is 4. The Morgan fingerprint density at radius 1 is 0.217 bits per heavy atom. The molecule has 14 rings (SSSR count). The SMILES string of the molecule is c1ccc(-c2cc(-c3cccc(-c4ccc(-n5c6ccc(-n7c8ccccc8c8ccccc87)cc6c6cc(-n7c8ccccc8c8ccccc87)ccc65)cc4)c3)nc(-c3ccccc3)n2)cc1. The molecule has 14 aromatic rings. The molecule has 0 fully saturated rings. The van der Waals surface area contributed by atoms with Gasteiger partial charge in [0.1, 0.15) is 0 Å². The van der Waals surface area contributed by atoms with Crippen LogP contribution in [-0.4, -0.2) is 23.7 Å². The van der Waals surface area contributed by atoms with Gasteiger partial charge >= 0.3 is 0 Å². The van der Waals surface area contributed by atoms with Gasteiger partial charge in [0.25, 0.3) is 0 Å². The van der Waals surface area contributed by atoms with Gasteiger partial charge in [-0.25, -0.2) is 9.97 Å². The summed E-state index contributed by atoms with van der Waals surface area (Å²) in [5.41, 5.74) is 17.5. The molecule has 4 aromatic heterocycles. The van der Waals surface area contributed by atoms with Crippen LogP contribution in [0, 0.1) is 0 Å². The highest BCUT2D eigenvalue weighted by Crippen LogP contribution is 2.40. The molecule has 0 bridgehead atoms. The Morgan fingerprint density at radius 2 is 0.594 bits per heavy atom. The van der Waals surface area contributed by atoms with Gasteiger partial charge in [0, 0.05) is 66.1 Å². The molecule has 0 aliphatic heterocycles. The normalized spacial score (nSPS) is 11.8. The number of nitrogens with zero attached hydrogens (tertiary/aromatic N) is 5. The second-order valence-corrected chi connectivity index (χ2v) is 17.8. The van der Waals surface area contributed by atoms with Gasteiger partial charge in [-0.1, -0.05) is 164 Å². The van der Waals surface area contributed by atoms with Crippen LogP contribution in [0.2, 0.25) is 0 Å². The minimum Gasteiger partial charge on any atom is -0.309 e. The predicted octanol–water partition coefficient (Wildman–Crippen LogP) is 16.4. The van der Waals surface area contributed by atoms with Crippen LogP contribution in [0.25, 0.3) is 128 Å². The third kappa shape index (κ3) is 6.32. The second-order valence-electron chi connectivity index (χ2n) is 17.8. The monoisotopic (exact) mass is 879 g/mol. The molecule has 10 aromatic carbocycles. The lowest BCUT2D eigenvalue weighted by Gasteiger charge is -2.12. The molecule has 5 nitrogen and oxygen atoms in total. The van der Waals surface area contributed by atoms with Crippen LogP contribution in [0.1, 0.15) is 0 Å². The van der Waals surface area contributed by atoms with Crippen LogP contribution in [-0.2, 0) is 0 Å². The smallest absolute Gasteiger partial charge is 0.160 e. The fourth-order valence-corrected chi connectivity index (χ4v) is 10.7. The van der Waals surface area contributed by atoms with E-state index in [4.69, 9.17) is 9.97 Å². The second kappa shape index (κ2) is 15.7. The van der Waals surface area contributed by atoms with Crippen molar-refractivity contribution in [2.75, 3.05) is 0 Å². The van der Waals surface area contributed by atoms with E-state index >= 15 is 0 Å². The summed E-state index contributed by atoms with van der Waals surface area (Å²) in [4.78, 5) is 10.2. The van der Waals surface area contributed by atoms with E-state index in [1.54, 1.807) is 0 Å². The average Bonchev–Trinajstić information content (AvgIpc) is 4.06. The van der Waals surface area contributed by atoms with E-state index in [2.05, 4.69) is 238 Å². The molecule has 0 N–H and O–H groups in total. The summed E-state index contributed by atoms with van der Waals surface area (Å²) < 4.78 is 7.26. The van der Waals surface area contributed by atoms with E-state index in [1.165, 1.54) is 54.4 Å². The van der Waals surface area contributed by atoms with E-state index in [0.717, 1.165) is 67.3 Å². The maximum atomic E-state index is 5.13. The first-order valence-electron chi connectivity index (χ1n) is 23.5. The van der Waals surface area contributed by atoms with Crippen molar-refractivity contribution >= 4 is 65.4 Å². The summed E-state index contributed by atoms with van der Waals surface area (Å²) in [7, 11) is 0. The van der Waals surface area contributed by atoms with Gasteiger partial charge in [0.05, 0.1) is 44.5 Å². The highest BCUT2D eigenvalue weighted by atomic mass is 15.0. The fourth-order valence-electron chi connectivity index (χ4n) is 10.7. The van der Waals surface area contributed by atoms with Crippen LogP contribution >= 0.6 is 0 Å². The summed E-state index contributed by atoms with van der Waals surface area (Å²) >= 11 is 0. The van der Waals surface area contributed by atoms with Crippen LogP contribution in [0.15, 0.2) is 249 Å². The zero-order valence-electron chi connectivity index (χ0n) is 37.4. The molecule has 0 saturated heterocycles. The minimum atomic E-state index is 0.706. The number of hydrogen-bond acceptors (Lipinski definition) is 2. The van der Waals surface area contributed by atoms with Crippen molar-refractivity contribution < 1.29 is 0 Å². The molecule has 322 valence electrons. The third-order valence-electron chi connectivity index (χ3n) is 13.9. The molecule has 0 amide bonds. The number of fused-ring (bicyclic) bond motifs is 9. The lowest BCUT2D eigenvalue weighted by Crippen LogP contribution is -1.97. The summed E-state index contributed by atoms with van der Waals surface area (Å²) in [5.74, 6) is 0.706. The molecule has 69 heavy (non-hydrogen) atoms. The Hall–Kier alpha value is -9.32. The Balaban J connectivity index is 0.918. The van der Waals surface area contributed by atoms with Crippen LogP contribution < -0.4 is 0 Å². The van der Waals surface area contributed by atoms with Crippen molar-refractivity contribution in [2.45, 2.75) is 0 Å². The molecule has 0 radical (unpaired) electrons. The summed E-state index contributed by atoms with van der Waals surface area (Å²) in [6.07, 6.45) is 0. The maximum absolute atomic E-state index is 5.13. The molecular weight excluding hydrogens is 839 g/mol. The molecule has 5 heteroatoms. The first-order chi connectivity index (χ1) is 34.2. The zero-order valence-corrected chi connectivity index (χ0v) is 37.4. The third-order valence-corrected chi connectivity index (χ3v) is 13.9. The number of benzene rings is 10. The summed E-state index contributed by atoms with van der Waals surface area (Å²) in [6.45, 7) is 0. The van der Waals surface area contributed by atoms with Crippen molar-refractivity contribution in [3.05, 3.63) is 249 Å². The maximum Gasteiger partial charge on any atom is 0.160 e. The van der Waals surface area contributed by atoms with Gasteiger partial charge < -0.3 is 13.7 Å². The van der Waals surface area contributed by atoms with Gasteiger partial charge in [-0.3, -0.25) is 0 Å². The van der Waals surface area contributed by atoms with Crippen molar-refractivity contribution in [3.63, 3.8) is 0 Å². The summed E-state index contributed by atoms with van der Waals surface area (Å²) in [6, 6.07) is 89.3. The minimum absolute atomic E-state index is 0.706. The van der Waals surface area contributed by atoms with E-state index in [0.29, 0.717) is 5.82 Å². The first kappa shape index (κ1) is 38.9. The molecule has 0 aliphatic rings. The van der Waals surface area contributed by atoms with Gasteiger partial charge in [0.15, 0.2) is 5.82 Å². The zero-order chi connectivity index (χ0) is 45.4.